The molecule has 0 heterocycles. The molecule has 1 atom stereocenters. The number of carbonyl (C=O) groups excluding carboxylic acids is 1. The largest absolute Gasteiger partial charge is 0.481 e. The van der Waals surface area contributed by atoms with Crippen LogP contribution < -0.4 is 5.32 Å². The van der Waals surface area contributed by atoms with Crippen LogP contribution in [0, 0.1) is 5.82 Å². The van der Waals surface area contributed by atoms with Crippen LogP contribution in [0.15, 0.2) is 28.7 Å². The fourth-order valence-electron chi connectivity index (χ4n) is 1.53. The highest BCUT2D eigenvalue weighted by molar-refractivity contribution is 9.10. The van der Waals surface area contributed by atoms with Crippen molar-refractivity contribution in [1.29, 1.82) is 0 Å². The van der Waals surface area contributed by atoms with E-state index in [0.717, 1.165) is 6.08 Å². The number of carboxylic acids is 1. The molecule has 5 nitrogen and oxygen atoms in total. The van der Waals surface area contributed by atoms with Gasteiger partial charge >= 0.3 is 5.97 Å². The molecule has 0 aliphatic rings. The van der Waals surface area contributed by atoms with Crippen LogP contribution in [0.1, 0.15) is 18.9 Å². The van der Waals surface area contributed by atoms with Gasteiger partial charge in [-0.25, -0.2) is 4.39 Å². The van der Waals surface area contributed by atoms with Crippen molar-refractivity contribution >= 4 is 33.9 Å². The van der Waals surface area contributed by atoms with Gasteiger partial charge in [0, 0.05) is 22.7 Å². The van der Waals surface area contributed by atoms with Gasteiger partial charge in [0.25, 0.3) is 0 Å². The van der Waals surface area contributed by atoms with Crippen molar-refractivity contribution in [3.8, 4) is 0 Å². The quantitative estimate of drug-likeness (QED) is 0.677. The van der Waals surface area contributed by atoms with Gasteiger partial charge in [-0.1, -0.05) is 15.9 Å². The summed E-state index contributed by atoms with van der Waals surface area (Å²) in [6, 6.07) is 4.31. The lowest BCUT2D eigenvalue weighted by Gasteiger charge is -2.20. The number of carboxylic acid groups (broad SMARTS) is 1. The standard InChI is InChI=1S/C14H15BrFNO4/c1-14(21,7-13(19)20)8-17-12(18)5-2-9-6-10(15)3-4-11(9)16/h2-6,21H,7-8H2,1H3,(H,17,18)(H,19,20). The third-order valence-corrected chi connectivity index (χ3v) is 3.04. The average molecular weight is 360 g/mol. The van der Waals surface area contributed by atoms with Crippen molar-refractivity contribution in [3.05, 3.63) is 40.1 Å². The molecule has 7 heteroatoms. The van der Waals surface area contributed by atoms with Gasteiger partial charge in [0.05, 0.1) is 12.0 Å². The topological polar surface area (TPSA) is 86.6 Å². The first-order chi connectivity index (χ1) is 9.69. The Morgan fingerprint density at radius 1 is 1.48 bits per heavy atom. The van der Waals surface area contributed by atoms with Gasteiger partial charge in [-0.05, 0) is 31.2 Å². The maximum Gasteiger partial charge on any atom is 0.306 e. The summed E-state index contributed by atoms with van der Waals surface area (Å²) in [5, 5.41) is 20.7. The van der Waals surface area contributed by atoms with Crippen molar-refractivity contribution in [2.75, 3.05) is 6.54 Å². The first-order valence-electron chi connectivity index (χ1n) is 6.05. The maximum atomic E-state index is 13.4. The van der Waals surface area contributed by atoms with Crippen LogP contribution in [0.3, 0.4) is 0 Å². The number of carbonyl (C=O) groups is 2. The Morgan fingerprint density at radius 3 is 2.76 bits per heavy atom. The molecule has 21 heavy (non-hydrogen) atoms. The van der Waals surface area contributed by atoms with Crippen molar-refractivity contribution in [1.82, 2.24) is 5.32 Å². The van der Waals surface area contributed by atoms with E-state index in [1.165, 1.54) is 31.2 Å². The second-order valence-electron chi connectivity index (χ2n) is 4.78. The molecule has 0 bridgehead atoms. The summed E-state index contributed by atoms with van der Waals surface area (Å²) in [7, 11) is 0. The molecule has 0 fully saturated rings. The Bertz CT molecular complexity index is 572. The van der Waals surface area contributed by atoms with E-state index < -0.39 is 29.7 Å². The van der Waals surface area contributed by atoms with E-state index in [4.69, 9.17) is 5.11 Å². The molecule has 1 aromatic rings. The minimum Gasteiger partial charge on any atom is -0.481 e. The molecular weight excluding hydrogens is 345 g/mol. The number of rotatable bonds is 6. The summed E-state index contributed by atoms with van der Waals surface area (Å²) in [5.41, 5.74) is -1.31. The summed E-state index contributed by atoms with van der Waals surface area (Å²) in [6.07, 6.45) is 1.92. The number of hydrogen-bond donors (Lipinski definition) is 3. The number of aliphatic hydroxyl groups is 1. The number of hydrogen-bond acceptors (Lipinski definition) is 3. The normalized spacial score (nSPS) is 13.9. The van der Waals surface area contributed by atoms with Crippen LogP contribution in [-0.4, -0.2) is 34.2 Å². The van der Waals surface area contributed by atoms with Crippen LogP contribution in [0.2, 0.25) is 0 Å². The number of nitrogens with one attached hydrogen (secondary N) is 1. The molecule has 1 amide bonds. The van der Waals surface area contributed by atoms with Crippen LogP contribution in [0.25, 0.3) is 6.08 Å². The number of halogens is 2. The maximum absolute atomic E-state index is 13.4. The zero-order valence-corrected chi connectivity index (χ0v) is 12.9. The molecule has 0 aliphatic carbocycles. The second-order valence-corrected chi connectivity index (χ2v) is 5.70. The Balaban J connectivity index is 2.59. The van der Waals surface area contributed by atoms with Gasteiger partial charge in [0.15, 0.2) is 0 Å². The van der Waals surface area contributed by atoms with E-state index in [0.29, 0.717) is 4.47 Å². The summed E-state index contributed by atoms with van der Waals surface area (Å²) in [6.45, 7) is 1.09. The van der Waals surface area contributed by atoms with Crippen LogP contribution in [-0.2, 0) is 9.59 Å². The van der Waals surface area contributed by atoms with Crippen LogP contribution in [0.5, 0.6) is 0 Å². The van der Waals surface area contributed by atoms with Crippen molar-refractivity contribution < 1.29 is 24.2 Å². The third kappa shape index (κ3) is 6.50. The van der Waals surface area contributed by atoms with E-state index in [-0.39, 0.29) is 12.1 Å². The van der Waals surface area contributed by atoms with E-state index in [1.54, 1.807) is 0 Å². The van der Waals surface area contributed by atoms with Crippen LogP contribution >= 0.6 is 15.9 Å². The van der Waals surface area contributed by atoms with Gasteiger partial charge in [-0.3, -0.25) is 9.59 Å². The average Bonchev–Trinajstić information content (AvgIpc) is 2.36. The summed E-state index contributed by atoms with van der Waals surface area (Å²) >= 11 is 3.19. The molecular formula is C14H15BrFNO4. The lowest BCUT2D eigenvalue weighted by molar-refractivity contribution is -0.142. The molecule has 1 aromatic carbocycles. The SMILES string of the molecule is CC(O)(CNC(=O)C=Cc1cc(Br)ccc1F)CC(=O)O. The molecule has 0 spiro atoms. The highest BCUT2D eigenvalue weighted by Gasteiger charge is 2.24. The molecule has 0 radical (unpaired) electrons. The summed E-state index contributed by atoms with van der Waals surface area (Å²) in [4.78, 5) is 22.1. The van der Waals surface area contributed by atoms with E-state index in [1.807, 2.05) is 0 Å². The molecule has 114 valence electrons. The fraction of sp³-hybridized carbons (Fsp3) is 0.286. The monoisotopic (exact) mass is 359 g/mol. The van der Waals surface area contributed by atoms with Gasteiger partial charge in [-0.15, -0.1) is 0 Å². The fourth-order valence-corrected chi connectivity index (χ4v) is 1.91. The third-order valence-electron chi connectivity index (χ3n) is 2.55. The van der Waals surface area contributed by atoms with Gasteiger partial charge < -0.3 is 15.5 Å². The van der Waals surface area contributed by atoms with Gasteiger partial charge in [0.1, 0.15) is 5.82 Å². The Hall–Kier alpha value is -1.73. The number of amides is 1. The zero-order valence-electron chi connectivity index (χ0n) is 11.3. The minimum atomic E-state index is -1.55. The summed E-state index contributed by atoms with van der Waals surface area (Å²) < 4.78 is 14.1. The predicted octanol–water partition coefficient (Wildman–Crippen LogP) is 1.94. The first kappa shape index (κ1) is 17.3. The smallest absolute Gasteiger partial charge is 0.306 e. The lowest BCUT2D eigenvalue weighted by Crippen LogP contribution is -2.41. The molecule has 0 saturated heterocycles. The van der Waals surface area contributed by atoms with E-state index in [9.17, 15) is 19.1 Å². The zero-order chi connectivity index (χ0) is 16.0. The molecule has 1 unspecified atom stereocenters. The van der Waals surface area contributed by atoms with E-state index in [2.05, 4.69) is 21.2 Å². The highest BCUT2D eigenvalue weighted by Crippen LogP contribution is 2.16. The Labute approximate surface area is 129 Å². The molecule has 1 rings (SSSR count). The van der Waals surface area contributed by atoms with Crippen molar-refractivity contribution in [2.24, 2.45) is 0 Å². The predicted molar refractivity (Wildman–Crippen MR) is 79.0 cm³/mol. The highest BCUT2D eigenvalue weighted by atomic mass is 79.9. The Morgan fingerprint density at radius 2 is 2.14 bits per heavy atom. The van der Waals surface area contributed by atoms with Crippen LogP contribution in [0.4, 0.5) is 4.39 Å². The van der Waals surface area contributed by atoms with Crippen molar-refractivity contribution in [2.45, 2.75) is 18.9 Å². The molecule has 0 aliphatic heterocycles. The lowest BCUT2D eigenvalue weighted by atomic mass is 10.0. The molecule has 0 saturated carbocycles. The molecule has 3 N–H and O–H groups in total. The number of benzene rings is 1. The number of aliphatic carboxylic acids is 1. The first-order valence-corrected chi connectivity index (χ1v) is 6.84. The van der Waals surface area contributed by atoms with E-state index >= 15 is 0 Å². The van der Waals surface area contributed by atoms with Gasteiger partial charge in [-0.2, -0.15) is 0 Å². The second kappa shape index (κ2) is 7.33. The van der Waals surface area contributed by atoms with Gasteiger partial charge in [0.2, 0.25) is 5.91 Å². The molecule has 0 aromatic heterocycles. The van der Waals surface area contributed by atoms with Crippen molar-refractivity contribution in [3.63, 3.8) is 0 Å². The minimum absolute atomic E-state index is 0.219. The summed E-state index contributed by atoms with van der Waals surface area (Å²) in [5.74, 6) is -2.19. The Kier molecular flexibility index (Phi) is 6.04.